The minimum absolute atomic E-state index is 0.210. The first kappa shape index (κ1) is 11.4. The Morgan fingerprint density at radius 2 is 2.29 bits per heavy atom. The van der Waals surface area contributed by atoms with E-state index < -0.39 is 0 Å². The summed E-state index contributed by atoms with van der Waals surface area (Å²) in [5.74, 6) is 0. The standard InChI is InChI=1S/C12H10N4S/c1-2-16-7-11(9-3-4-17-8-9)15-10(5-13)12(16)6-14/h3-4,8H,2,7H2,1H3. The van der Waals surface area contributed by atoms with E-state index in [0.29, 0.717) is 18.8 Å². The second kappa shape index (κ2) is 4.82. The summed E-state index contributed by atoms with van der Waals surface area (Å²) in [6, 6.07) is 6.02. The third kappa shape index (κ3) is 2.06. The molecule has 5 heteroatoms. The predicted octanol–water partition coefficient (Wildman–Crippen LogP) is 2.13. The quantitative estimate of drug-likeness (QED) is 0.798. The van der Waals surface area contributed by atoms with Gasteiger partial charge in [-0.2, -0.15) is 21.9 Å². The smallest absolute Gasteiger partial charge is 0.175 e. The van der Waals surface area contributed by atoms with Crippen molar-refractivity contribution in [3.05, 3.63) is 33.8 Å². The molecule has 1 aromatic rings. The molecule has 1 aliphatic rings. The lowest BCUT2D eigenvalue weighted by Gasteiger charge is -2.26. The van der Waals surface area contributed by atoms with E-state index in [9.17, 15) is 0 Å². The third-order valence-corrected chi connectivity index (χ3v) is 3.26. The number of thiophene rings is 1. The molecular formula is C12H10N4S. The van der Waals surface area contributed by atoms with E-state index in [0.717, 1.165) is 11.3 Å². The normalized spacial score (nSPS) is 15.2. The Hall–Kier alpha value is -2.11. The topological polar surface area (TPSA) is 63.2 Å². The second-order valence-corrected chi connectivity index (χ2v) is 4.29. The van der Waals surface area contributed by atoms with Gasteiger partial charge in [-0.3, -0.25) is 0 Å². The minimum atomic E-state index is 0.210. The van der Waals surface area contributed by atoms with Gasteiger partial charge in [0.25, 0.3) is 0 Å². The van der Waals surface area contributed by atoms with Crippen LogP contribution in [0.15, 0.2) is 33.2 Å². The lowest BCUT2D eigenvalue weighted by atomic mass is 10.1. The largest absolute Gasteiger partial charge is 0.355 e. The Balaban J connectivity index is 2.47. The average molecular weight is 242 g/mol. The highest BCUT2D eigenvalue weighted by Crippen LogP contribution is 2.20. The van der Waals surface area contributed by atoms with Crippen molar-refractivity contribution >= 4 is 17.0 Å². The van der Waals surface area contributed by atoms with Gasteiger partial charge >= 0.3 is 0 Å². The van der Waals surface area contributed by atoms with E-state index in [2.05, 4.69) is 11.1 Å². The number of hydrogen-bond donors (Lipinski definition) is 0. The van der Waals surface area contributed by atoms with E-state index in [4.69, 9.17) is 10.5 Å². The average Bonchev–Trinajstić information content (AvgIpc) is 2.90. The van der Waals surface area contributed by atoms with Crippen LogP contribution in [0, 0.1) is 22.7 Å². The fourth-order valence-corrected chi connectivity index (χ4v) is 2.35. The molecule has 2 heterocycles. The molecule has 4 nitrogen and oxygen atoms in total. The molecule has 0 spiro atoms. The van der Waals surface area contributed by atoms with Crippen LogP contribution in [-0.4, -0.2) is 23.7 Å². The number of likely N-dealkylation sites (N-methyl/N-ethyl adjacent to an activating group) is 1. The first-order valence-electron chi connectivity index (χ1n) is 5.19. The molecule has 17 heavy (non-hydrogen) atoms. The van der Waals surface area contributed by atoms with Crippen molar-refractivity contribution in [2.75, 3.05) is 13.1 Å². The summed E-state index contributed by atoms with van der Waals surface area (Å²) in [5, 5.41) is 22.0. The highest BCUT2D eigenvalue weighted by atomic mass is 32.1. The van der Waals surface area contributed by atoms with Gasteiger partial charge in [0.1, 0.15) is 12.1 Å². The monoisotopic (exact) mass is 242 g/mol. The molecule has 84 valence electrons. The van der Waals surface area contributed by atoms with Gasteiger partial charge in [0.05, 0.1) is 12.3 Å². The third-order valence-electron chi connectivity index (χ3n) is 2.58. The Kier molecular flexibility index (Phi) is 3.22. The van der Waals surface area contributed by atoms with Gasteiger partial charge in [-0.1, -0.05) is 0 Å². The molecule has 1 aromatic heterocycles. The number of hydrogen-bond acceptors (Lipinski definition) is 5. The van der Waals surface area contributed by atoms with E-state index >= 15 is 0 Å². The molecule has 0 bridgehead atoms. The molecule has 0 fully saturated rings. The van der Waals surface area contributed by atoms with Gasteiger partial charge in [0.15, 0.2) is 11.4 Å². The Morgan fingerprint density at radius 1 is 1.47 bits per heavy atom. The first-order valence-corrected chi connectivity index (χ1v) is 6.14. The Bertz CT molecular complexity index is 554. The molecule has 0 saturated carbocycles. The number of allylic oxidation sites excluding steroid dienone is 2. The van der Waals surface area contributed by atoms with Crippen LogP contribution in [0.4, 0.5) is 0 Å². The van der Waals surface area contributed by atoms with Gasteiger partial charge in [-0.15, -0.1) is 0 Å². The summed E-state index contributed by atoms with van der Waals surface area (Å²) in [6.07, 6.45) is 0. The van der Waals surface area contributed by atoms with Gasteiger partial charge in [0.2, 0.25) is 0 Å². The number of aliphatic imine (C=N–C) groups is 1. The number of rotatable bonds is 2. The molecule has 0 radical (unpaired) electrons. The van der Waals surface area contributed by atoms with Crippen LogP contribution in [0.1, 0.15) is 12.5 Å². The van der Waals surface area contributed by atoms with Crippen molar-refractivity contribution in [1.82, 2.24) is 4.90 Å². The lowest BCUT2D eigenvalue weighted by molar-refractivity contribution is 0.419. The highest BCUT2D eigenvalue weighted by Gasteiger charge is 2.22. The summed E-state index contributed by atoms with van der Waals surface area (Å²) < 4.78 is 0. The highest BCUT2D eigenvalue weighted by molar-refractivity contribution is 7.08. The van der Waals surface area contributed by atoms with E-state index in [1.54, 1.807) is 11.3 Å². The lowest BCUT2D eigenvalue weighted by Crippen LogP contribution is -2.33. The molecule has 0 atom stereocenters. The van der Waals surface area contributed by atoms with Crippen molar-refractivity contribution in [2.24, 2.45) is 4.99 Å². The Labute approximate surface area is 104 Å². The summed E-state index contributed by atoms with van der Waals surface area (Å²) in [5.41, 5.74) is 2.46. The minimum Gasteiger partial charge on any atom is -0.355 e. The van der Waals surface area contributed by atoms with Gasteiger partial charge in [-0.25, -0.2) is 4.99 Å². The van der Waals surface area contributed by atoms with Gasteiger partial charge < -0.3 is 4.90 Å². The molecule has 2 rings (SSSR count). The van der Waals surface area contributed by atoms with Crippen molar-refractivity contribution in [1.29, 1.82) is 10.5 Å². The molecule has 0 aromatic carbocycles. The zero-order chi connectivity index (χ0) is 12.3. The zero-order valence-corrected chi connectivity index (χ0v) is 10.2. The fourth-order valence-electron chi connectivity index (χ4n) is 1.69. The van der Waals surface area contributed by atoms with Crippen molar-refractivity contribution in [2.45, 2.75) is 6.92 Å². The van der Waals surface area contributed by atoms with Crippen molar-refractivity contribution < 1.29 is 0 Å². The van der Waals surface area contributed by atoms with Crippen LogP contribution in [0.3, 0.4) is 0 Å². The SMILES string of the molecule is CCN1CC(c2ccsc2)=NC(C#N)=C1C#N. The molecular weight excluding hydrogens is 232 g/mol. The van der Waals surface area contributed by atoms with E-state index in [1.807, 2.05) is 34.7 Å². The van der Waals surface area contributed by atoms with Crippen molar-refractivity contribution in [3.63, 3.8) is 0 Å². The van der Waals surface area contributed by atoms with E-state index in [-0.39, 0.29) is 5.70 Å². The summed E-state index contributed by atoms with van der Waals surface area (Å²) in [4.78, 5) is 6.14. The van der Waals surface area contributed by atoms with Crippen LogP contribution in [-0.2, 0) is 0 Å². The second-order valence-electron chi connectivity index (χ2n) is 3.51. The maximum Gasteiger partial charge on any atom is 0.175 e. The first-order chi connectivity index (χ1) is 8.30. The molecule has 0 amide bonds. The van der Waals surface area contributed by atoms with Crippen LogP contribution < -0.4 is 0 Å². The molecule has 0 unspecified atom stereocenters. The Morgan fingerprint density at radius 3 is 2.82 bits per heavy atom. The zero-order valence-electron chi connectivity index (χ0n) is 9.34. The molecule has 0 N–H and O–H groups in total. The van der Waals surface area contributed by atoms with Crippen LogP contribution in [0.5, 0.6) is 0 Å². The maximum atomic E-state index is 9.04. The molecule has 0 saturated heterocycles. The van der Waals surface area contributed by atoms with Crippen molar-refractivity contribution in [3.8, 4) is 12.1 Å². The predicted molar refractivity (Wildman–Crippen MR) is 66.4 cm³/mol. The van der Waals surface area contributed by atoms with Crippen LogP contribution in [0.2, 0.25) is 0 Å². The fraction of sp³-hybridized carbons (Fsp3) is 0.250. The number of nitriles is 2. The van der Waals surface area contributed by atoms with Crippen LogP contribution in [0.25, 0.3) is 0 Å². The van der Waals surface area contributed by atoms with Gasteiger partial charge in [-0.05, 0) is 23.8 Å². The summed E-state index contributed by atoms with van der Waals surface area (Å²) in [7, 11) is 0. The molecule has 1 aliphatic heterocycles. The summed E-state index contributed by atoms with van der Waals surface area (Å²) in [6.45, 7) is 3.24. The molecule has 0 aliphatic carbocycles. The maximum absolute atomic E-state index is 9.04. The van der Waals surface area contributed by atoms with Gasteiger partial charge in [0, 0.05) is 12.1 Å². The van der Waals surface area contributed by atoms with Crippen LogP contribution >= 0.6 is 11.3 Å². The summed E-state index contributed by atoms with van der Waals surface area (Å²) >= 11 is 1.59. The van der Waals surface area contributed by atoms with E-state index in [1.165, 1.54) is 0 Å². The number of nitrogens with zero attached hydrogens (tertiary/aromatic N) is 4.